The molecule has 3 N–H and O–H groups in total. The Morgan fingerprint density at radius 2 is 1.95 bits per heavy atom. The smallest absolute Gasteiger partial charge is 0.255 e. The lowest BCUT2D eigenvalue weighted by Crippen LogP contribution is -2.13. The molecule has 5 nitrogen and oxygen atoms in total. The number of hydrogen-bond donors (Lipinski definition) is 2. The second kappa shape index (κ2) is 6.45. The van der Waals surface area contributed by atoms with Gasteiger partial charge in [0, 0.05) is 11.3 Å². The molecule has 0 aliphatic heterocycles. The van der Waals surface area contributed by atoms with E-state index in [-0.39, 0.29) is 23.0 Å². The number of hydrogen-bond acceptors (Lipinski definition) is 4. The van der Waals surface area contributed by atoms with Gasteiger partial charge in [0.25, 0.3) is 5.91 Å². The van der Waals surface area contributed by atoms with Gasteiger partial charge in [0.05, 0.1) is 6.10 Å². The summed E-state index contributed by atoms with van der Waals surface area (Å²) in [5, 5.41) is 2.94. The van der Waals surface area contributed by atoms with Crippen LogP contribution in [0, 0.1) is 0 Å². The van der Waals surface area contributed by atoms with Crippen LogP contribution in [0.1, 0.15) is 24.2 Å². The third-order valence-electron chi connectivity index (χ3n) is 2.56. The van der Waals surface area contributed by atoms with Gasteiger partial charge in [0.2, 0.25) is 0 Å². The first kappa shape index (κ1) is 15.1. The summed E-state index contributed by atoms with van der Waals surface area (Å²) in [6.45, 7) is 3.90. The zero-order chi connectivity index (χ0) is 15.4. The number of benzene rings is 1. The maximum absolute atomic E-state index is 12.1. The van der Waals surface area contributed by atoms with E-state index in [4.69, 9.17) is 22.1 Å². The van der Waals surface area contributed by atoms with Crippen molar-refractivity contribution in [2.75, 3.05) is 11.1 Å². The number of ether oxygens (including phenoxy) is 1. The predicted molar refractivity (Wildman–Crippen MR) is 83.8 cm³/mol. The summed E-state index contributed by atoms with van der Waals surface area (Å²) in [4.78, 5) is 15.9. The first-order valence-electron chi connectivity index (χ1n) is 6.45. The highest BCUT2D eigenvalue weighted by atomic mass is 35.5. The Kier molecular flexibility index (Phi) is 4.65. The fourth-order valence-corrected chi connectivity index (χ4v) is 1.96. The standard InChI is InChI=1S/C15H16ClN3O2/c1-9(2)21-12-5-3-11(4-6-12)18-15(20)10-7-13(16)19-14(17)8-10/h3-9H,1-2H3,(H2,17,19)(H,18,20). The fourth-order valence-electron chi connectivity index (χ4n) is 1.74. The van der Waals surface area contributed by atoms with Crippen molar-refractivity contribution in [2.24, 2.45) is 0 Å². The predicted octanol–water partition coefficient (Wildman–Crippen LogP) is 3.36. The molecule has 0 saturated carbocycles. The minimum atomic E-state index is -0.302. The van der Waals surface area contributed by atoms with Crippen molar-refractivity contribution < 1.29 is 9.53 Å². The van der Waals surface area contributed by atoms with Gasteiger partial charge in [-0.05, 0) is 50.2 Å². The van der Waals surface area contributed by atoms with Crippen molar-refractivity contribution in [1.82, 2.24) is 4.98 Å². The Morgan fingerprint density at radius 3 is 2.52 bits per heavy atom. The van der Waals surface area contributed by atoms with E-state index in [1.807, 2.05) is 13.8 Å². The lowest BCUT2D eigenvalue weighted by molar-refractivity contribution is 0.102. The van der Waals surface area contributed by atoms with Crippen LogP contribution in [-0.2, 0) is 0 Å². The maximum Gasteiger partial charge on any atom is 0.255 e. The summed E-state index contributed by atoms with van der Waals surface area (Å²) < 4.78 is 5.54. The first-order chi connectivity index (χ1) is 9.94. The van der Waals surface area contributed by atoms with E-state index < -0.39 is 0 Å². The number of nitrogen functional groups attached to an aromatic ring is 1. The molecule has 2 rings (SSSR count). The van der Waals surface area contributed by atoms with Crippen LogP contribution in [0.4, 0.5) is 11.5 Å². The molecule has 1 aromatic heterocycles. The number of carbonyl (C=O) groups is 1. The number of nitrogens with two attached hydrogens (primary N) is 1. The van der Waals surface area contributed by atoms with E-state index in [2.05, 4.69) is 10.3 Å². The number of anilines is 2. The highest BCUT2D eigenvalue weighted by Crippen LogP contribution is 2.18. The topological polar surface area (TPSA) is 77.2 Å². The van der Waals surface area contributed by atoms with Crippen molar-refractivity contribution in [3.8, 4) is 5.75 Å². The third kappa shape index (κ3) is 4.36. The molecule has 0 aliphatic rings. The van der Waals surface area contributed by atoms with Gasteiger partial charge in [0.1, 0.15) is 16.7 Å². The molecule has 0 atom stereocenters. The Morgan fingerprint density at radius 1 is 1.29 bits per heavy atom. The number of amides is 1. The largest absolute Gasteiger partial charge is 0.491 e. The van der Waals surface area contributed by atoms with Crippen LogP contribution in [0.25, 0.3) is 0 Å². The minimum absolute atomic E-state index is 0.104. The third-order valence-corrected chi connectivity index (χ3v) is 2.75. The van der Waals surface area contributed by atoms with Crippen molar-refractivity contribution >= 4 is 29.0 Å². The van der Waals surface area contributed by atoms with E-state index in [1.54, 1.807) is 24.3 Å². The second-order valence-electron chi connectivity index (χ2n) is 4.75. The summed E-state index contributed by atoms with van der Waals surface area (Å²) in [6.07, 6.45) is 0.104. The molecule has 0 fully saturated rings. The molecule has 0 aliphatic carbocycles. The van der Waals surface area contributed by atoms with E-state index in [9.17, 15) is 4.79 Å². The van der Waals surface area contributed by atoms with Crippen LogP contribution < -0.4 is 15.8 Å². The van der Waals surface area contributed by atoms with E-state index in [0.717, 1.165) is 5.75 Å². The van der Waals surface area contributed by atoms with Crippen molar-refractivity contribution in [2.45, 2.75) is 20.0 Å². The van der Waals surface area contributed by atoms with Gasteiger partial charge in [-0.25, -0.2) is 4.98 Å². The van der Waals surface area contributed by atoms with Crippen molar-refractivity contribution in [1.29, 1.82) is 0 Å². The van der Waals surface area contributed by atoms with Crippen LogP contribution in [0.3, 0.4) is 0 Å². The molecule has 1 aromatic carbocycles. The SMILES string of the molecule is CC(C)Oc1ccc(NC(=O)c2cc(N)nc(Cl)c2)cc1. The van der Waals surface area contributed by atoms with Crippen LogP contribution in [0.15, 0.2) is 36.4 Å². The Hall–Kier alpha value is -2.27. The molecule has 0 spiro atoms. The van der Waals surface area contributed by atoms with Gasteiger partial charge in [-0.2, -0.15) is 0 Å². The molecule has 1 heterocycles. The molecule has 110 valence electrons. The molecule has 0 saturated heterocycles. The van der Waals surface area contributed by atoms with Crippen LogP contribution in [0.2, 0.25) is 5.15 Å². The lowest BCUT2D eigenvalue weighted by Gasteiger charge is -2.11. The molecule has 2 aromatic rings. The normalized spacial score (nSPS) is 10.5. The Balaban J connectivity index is 2.08. The number of halogens is 1. The Labute approximate surface area is 128 Å². The molecular formula is C15H16ClN3O2. The molecule has 1 amide bonds. The molecule has 0 unspecified atom stereocenters. The van der Waals surface area contributed by atoms with Crippen LogP contribution >= 0.6 is 11.6 Å². The highest BCUT2D eigenvalue weighted by molar-refractivity contribution is 6.30. The monoisotopic (exact) mass is 305 g/mol. The molecule has 0 bridgehead atoms. The summed E-state index contributed by atoms with van der Waals surface area (Å²) in [5.74, 6) is 0.649. The average Bonchev–Trinajstić information content (AvgIpc) is 2.39. The zero-order valence-electron chi connectivity index (χ0n) is 11.8. The molecule has 6 heteroatoms. The van der Waals surface area contributed by atoms with Gasteiger partial charge in [-0.15, -0.1) is 0 Å². The fraction of sp³-hybridized carbons (Fsp3) is 0.200. The summed E-state index contributed by atoms with van der Waals surface area (Å²) >= 11 is 5.78. The van der Waals surface area contributed by atoms with Gasteiger partial charge in [-0.1, -0.05) is 11.6 Å². The first-order valence-corrected chi connectivity index (χ1v) is 6.83. The van der Waals surface area contributed by atoms with E-state index in [1.165, 1.54) is 12.1 Å². The van der Waals surface area contributed by atoms with Crippen LogP contribution in [0.5, 0.6) is 5.75 Å². The number of carbonyl (C=O) groups excluding carboxylic acids is 1. The van der Waals surface area contributed by atoms with Crippen LogP contribution in [-0.4, -0.2) is 17.0 Å². The molecule has 21 heavy (non-hydrogen) atoms. The highest BCUT2D eigenvalue weighted by Gasteiger charge is 2.09. The number of pyridine rings is 1. The molecular weight excluding hydrogens is 290 g/mol. The summed E-state index contributed by atoms with van der Waals surface area (Å²) in [6, 6.07) is 10.1. The number of nitrogens with one attached hydrogen (secondary N) is 1. The van der Waals surface area contributed by atoms with E-state index in [0.29, 0.717) is 11.3 Å². The summed E-state index contributed by atoms with van der Waals surface area (Å²) in [5.41, 5.74) is 6.58. The van der Waals surface area contributed by atoms with E-state index >= 15 is 0 Å². The van der Waals surface area contributed by atoms with Gasteiger partial charge < -0.3 is 15.8 Å². The van der Waals surface area contributed by atoms with Gasteiger partial charge in [-0.3, -0.25) is 4.79 Å². The average molecular weight is 306 g/mol. The number of nitrogens with zero attached hydrogens (tertiary/aromatic N) is 1. The second-order valence-corrected chi connectivity index (χ2v) is 5.14. The number of rotatable bonds is 4. The van der Waals surface area contributed by atoms with Gasteiger partial charge >= 0.3 is 0 Å². The van der Waals surface area contributed by atoms with Crippen molar-refractivity contribution in [3.63, 3.8) is 0 Å². The molecule has 0 radical (unpaired) electrons. The lowest BCUT2D eigenvalue weighted by atomic mass is 10.2. The van der Waals surface area contributed by atoms with Gasteiger partial charge in [0.15, 0.2) is 0 Å². The summed E-state index contributed by atoms with van der Waals surface area (Å²) in [7, 11) is 0. The zero-order valence-corrected chi connectivity index (χ0v) is 12.5. The number of aromatic nitrogens is 1. The quantitative estimate of drug-likeness (QED) is 0.849. The Bertz CT molecular complexity index is 622. The van der Waals surface area contributed by atoms with Crippen molar-refractivity contribution in [3.05, 3.63) is 47.1 Å². The minimum Gasteiger partial charge on any atom is -0.491 e. The maximum atomic E-state index is 12.1.